The average molecular weight is 588 g/mol. The number of nitrogens with one attached hydrogen (secondary N) is 4. The summed E-state index contributed by atoms with van der Waals surface area (Å²) in [5.41, 5.74) is -4.03. The lowest BCUT2D eigenvalue weighted by Gasteiger charge is -2.38. The van der Waals surface area contributed by atoms with Gasteiger partial charge in [-0.05, 0) is 6.92 Å². The van der Waals surface area contributed by atoms with Crippen LogP contribution >= 0.6 is 7.82 Å². The van der Waals surface area contributed by atoms with Gasteiger partial charge in [0, 0.05) is 50.2 Å². The minimum Gasteiger partial charge on any atom is -0.390 e. The van der Waals surface area contributed by atoms with E-state index in [1.807, 2.05) is 0 Å². The van der Waals surface area contributed by atoms with Gasteiger partial charge >= 0.3 is 19.2 Å². The number of hydrogen-bond acceptors (Lipinski definition) is 13. The number of nitrogens with zero attached hydrogens (tertiary/aromatic N) is 2. The Kier molecular flexibility index (Phi) is 7.83. The SMILES string of the molecule is Cc1cn([C@H]2C[C@H](O)[C@@H](COP(=O)(O)O[C@H]3[C@@H](O)[C@H](n4ccc(=O)[nH]c4=O)OC34CNCNC4)O2)c(=O)[nH]c1=O. The zero-order chi connectivity index (χ0) is 28.8. The van der Waals surface area contributed by atoms with Crippen molar-refractivity contribution in [3.05, 3.63) is 65.7 Å². The standard InChI is InChI=1S/C21H29N6O12P/c1-10-5-27(20(33)25-17(10)31)14-4-11(28)12(37-14)6-36-40(34,35)39-16-15(30)18(26-3-2-13(29)24-19(26)32)38-21(16)7-22-9-23-8-21/h2-3,5,11-12,14-16,18,22-23,28,30H,4,6-9H2,1H3,(H,34,35)(H,24,29,32)(H,25,31,33)/t11-,12+,14+,15+,16-,18+/m0/s1. The van der Waals surface area contributed by atoms with E-state index in [-0.39, 0.29) is 25.1 Å². The highest BCUT2D eigenvalue weighted by atomic mass is 31.2. The summed E-state index contributed by atoms with van der Waals surface area (Å²) in [4.78, 5) is 62.4. The van der Waals surface area contributed by atoms with Crippen LogP contribution in [0.25, 0.3) is 0 Å². The van der Waals surface area contributed by atoms with Crippen molar-refractivity contribution in [2.45, 2.75) is 55.8 Å². The minimum absolute atomic E-state index is 0.0653. The van der Waals surface area contributed by atoms with Gasteiger partial charge < -0.3 is 35.2 Å². The molecule has 0 bridgehead atoms. The lowest BCUT2D eigenvalue weighted by Crippen LogP contribution is -2.62. The van der Waals surface area contributed by atoms with Crippen LogP contribution in [0.15, 0.2) is 37.6 Å². The van der Waals surface area contributed by atoms with Gasteiger partial charge in [0.1, 0.15) is 30.1 Å². The third-order valence-corrected chi connectivity index (χ3v) is 7.98. The van der Waals surface area contributed by atoms with Crippen LogP contribution in [0.4, 0.5) is 0 Å². The third kappa shape index (κ3) is 5.55. The van der Waals surface area contributed by atoms with E-state index in [0.717, 1.165) is 21.4 Å². The van der Waals surface area contributed by atoms with Crippen molar-refractivity contribution in [3.63, 3.8) is 0 Å². The predicted molar refractivity (Wildman–Crippen MR) is 132 cm³/mol. The molecule has 1 unspecified atom stereocenters. The summed E-state index contributed by atoms with van der Waals surface area (Å²) in [6.45, 7) is 1.37. The van der Waals surface area contributed by atoms with Crippen molar-refractivity contribution in [2.24, 2.45) is 0 Å². The van der Waals surface area contributed by atoms with Crippen LogP contribution in [0.2, 0.25) is 0 Å². The topological polar surface area (TPSA) is 248 Å². The first kappa shape index (κ1) is 28.7. The molecule has 2 aromatic heterocycles. The number of aliphatic hydroxyl groups is 2. The van der Waals surface area contributed by atoms with Crippen LogP contribution in [-0.2, 0) is 23.1 Å². The Hall–Kier alpha value is -2.77. The highest BCUT2D eigenvalue weighted by molar-refractivity contribution is 7.47. The minimum atomic E-state index is -4.95. The smallest absolute Gasteiger partial charge is 0.390 e. The van der Waals surface area contributed by atoms with E-state index in [1.165, 1.54) is 13.1 Å². The van der Waals surface area contributed by atoms with E-state index in [9.17, 15) is 38.8 Å². The highest BCUT2D eigenvalue weighted by Crippen LogP contribution is 2.51. The van der Waals surface area contributed by atoms with Crippen molar-refractivity contribution >= 4 is 7.82 Å². The van der Waals surface area contributed by atoms with Gasteiger partial charge in [-0.25, -0.2) is 14.2 Å². The largest absolute Gasteiger partial charge is 0.472 e. The molecule has 7 atom stereocenters. The molecule has 0 saturated carbocycles. The second-order valence-corrected chi connectivity index (χ2v) is 11.2. The molecular weight excluding hydrogens is 559 g/mol. The molecule has 19 heteroatoms. The average Bonchev–Trinajstić information content (AvgIpc) is 3.38. The summed E-state index contributed by atoms with van der Waals surface area (Å²) in [5, 5.41) is 27.4. The number of aromatic nitrogens is 4. The maximum atomic E-state index is 13.0. The second-order valence-electron chi connectivity index (χ2n) is 9.81. The summed E-state index contributed by atoms with van der Waals surface area (Å²) in [7, 11) is -4.95. The lowest BCUT2D eigenvalue weighted by atomic mass is 9.94. The van der Waals surface area contributed by atoms with Crippen LogP contribution < -0.4 is 33.1 Å². The number of aliphatic hydroxyl groups excluding tert-OH is 2. The van der Waals surface area contributed by atoms with Crippen molar-refractivity contribution in [2.75, 3.05) is 26.4 Å². The first-order chi connectivity index (χ1) is 18.9. The van der Waals surface area contributed by atoms with Gasteiger partial charge in [-0.15, -0.1) is 0 Å². The van der Waals surface area contributed by atoms with Crippen molar-refractivity contribution in [1.82, 2.24) is 29.7 Å². The van der Waals surface area contributed by atoms with Crippen LogP contribution in [0, 0.1) is 6.92 Å². The highest BCUT2D eigenvalue weighted by Gasteiger charge is 2.59. The molecule has 220 valence electrons. The van der Waals surface area contributed by atoms with Gasteiger partial charge in [0.2, 0.25) is 0 Å². The molecule has 1 spiro atoms. The van der Waals surface area contributed by atoms with Crippen LogP contribution in [0.5, 0.6) is 0 Å². The van der Waals surface area contributed by atoms with Crippen molar-refractivity contribution < 1.29 is 38.2 Å². The Balaban J connectivity index is 1.30. The number of phosphoric ester groups is 1. The molecular formula is C21H29N6O12P. The van der Waals surface area contributed by atoms with Gasteiger partial charge in [0.15, 0.2) is 6.23 Å². The molecule has 40 heavy (non-hydrogen) atoms. The Labute approximate surface area is 224 Å². The van der Waals surface area contributed by atoms with Gasteiger partial charge in [-0.3, -0.25) is 37.7 Å². The van der Waals surface area contributed by atoms with E-state index in [0.29, 0.717) is 6.67 Å². The monoisotopic (exact) mass is 588 g/mol. The number of H-pyrrole nitrogens is 2. The third-order valence-electron chi connectivity index (χ3n) is 7.01. The van der Waals surface area contributed by atoms with Gasteiger partial charge in [0.25, 0.3) is 11.1 Å². The van der Waals surface area contributed by atoms with Crippen LogP contribution in [0.3, 0.4) is 0 Å². The maximum absolute atomic E-state index is 13.0. The number of aromatic amines is 2. The molecule has 5 heterocycles. The fourth-order valence-corrected chi connectivity index (χ4v) is 6.01. The summed E-state index contributed by atoms with van der Waals surface area (Å²) in [6, 6.07) is 1.05. The van der Waals surface area contributed by atoms with E-state index >= 15 is 0 Å². The van der Waals surface area contributed by atoms with Crippen LogP contribution in [-0.4, -0.2) is 90.6 Å². The Morgan fingerprint density at radius 1 is 1.12 bits per heavy atom. The summed E-state index contributed by atoms with van der Waals surface area (Å²) in [6.07, 6.45) is -5.50. The first-order valence-corrected chi connectivity index (χ1v) is 13.8. The Morgan fingerprint density at radius 3 is 2.52 bits per heavy atom. The fourth-order valence-electron chi connectivity index (χ4n) is 5.01. The van der Waals surface area contributed by atoms with Crippen LogP contribution in [0.1, 0.15) is 24.4 Å². The van der Waals surface area contributed by atoms with E-state index in [4.69, 9.17) is 18.5 Å². The predicted octanol–water partition coefficient (Wildman–Crippen LogP) is -3.68. The zero-order valence-corrected chi connectivity index (χ0v) is 22.0. The summed E-state index contributed by atoms with van der Waals surface area (Å²) < 4.78 is 37.1. The molecule has 0 amide bonds. The number of ether oxygens (including phenoxy) is 2. The Bertz CT molecular complexity index is 1530. The molecule has 3 aliphatic rings. The second kappa shape index (κ2) is 10.9. The van der Waals surface area contributed by atoms with Crippen molar-refractivity contribution in [3.8, 4) is 0 Å². The fraction of sp³-hybridized carbons (Fsp3) is 0.619. The number of rotatable bonds is 7. The van der Waals surface area contributed by atoms with Gasteiger partial charge in [0.05, 0.1) is 12.7 Å². The van der Waals surface area contributed by atoms with E-state index in [2.05, 4.69) is 20.6 Å². The maximum Gasteiger partial charge on any atom is 0.472 e. The number of hydrogen-bond donors (Lipinski definition) is 7. The van der Waals surface area contributed by atoms with Crippen molar-refractivity contribution in [1.29, 1.82) is 0 Å². The quantitative estimate of drug-likeness (QED) is 0.154. The molecule has 0 aromatic carbocycles. The lowest BCUT2D eigenvalue weighted by molar-refractivity contribution is -0.109. The molecule has 0 radical (unpaired) electrons. The van der Waals surface area contributed by atoms with E-state index in [1.54, 1.807) is 0 Å². The first-order valence-electron chi connectivity index (χ1n) is 12.3. The van der Waals surface area contributed by atoms with Gasteiger partial charge in [-0.1, -0.05) is 0 Å². The molecule has 0 aliphatic carbocycles. The number of phosphoric acid groups is 1. The number of aryl methyl sites for hydroxylation is 1. The van der Waals surface area contributed by atoms with E-state index < -0.39 is 79.4 Å². The molecule has 7 N–H and O–H groups in total. The summed E-state index contributed by atoms with van der Waals surface area (Å²) >= 11 is 0. The normalized spacial score (nSPS) is 31.4. The molecule has 5 rings (SSSR count). The summed E-state index contributed by atoms with van der Waals surface area (Å²) in [5.74, 6) is 0. The molecule has 3 aliphatic heterocycles. The molecule has 3 saturated heterocycles. The Morgan fingerprint density at radius 2 is 1.82 bits per heavy atom. The molecule has 2 aromatic rings. The molecule has 3 fully saturated rings. The molecule has 18 nitrogen and oxygen atoms in total. The van der Waals surface area contributed by atoms with Gasteiger partial charge in [-0.2, -0.15) is 0 Å². The zero-order valence-electron chi connectivity index (χ0n) is 21.1.